The van der Waals surface area contributed by atoms with Gasteiger partial charge in [0.1, 0.15) is 0 Å². The number of hydrogen-bond donors (Lipinski definition) is 0. The average Bonchev–Trinajstić information content (AvgIpc) is 2.35. The highest BCUT2D eigenvalue weighted by molar-refractivity contribution is 5.26. The van der Waals surface area contributed by atoms with E-state index in [2.05, 4.69) is 49.1 Å². The van der Waals surface area contributed by atoms with Crippen LogP contribution in [-0.4, -0.2) is 19.0 Å². The number of aryl methyl sites for hydroxylation is 1. The molecule has 2 atom stereocenters. The monoisotopic (exact) mass is 230 g/mol. The zero-order chi connectivity index (χ0) is 12.8. The molecule has 0 aliphatic carbocycles. The Hall–Kier alpha value is -1.33. The lowest BCUT2D eigenvalue weighted by Gasteiger charge is -2.28. The Kier molecular flexibility index (Phi) is 5.18. The third-order valence-corrected chi connectivity index (χ3v) is 3.27. The van der Waals surface area contributed by atoms with Crippen LogP contribution in [0, 0.1) is 17.2 Å². The highest BCUT2D eigenvalue weighted by Crippen LogP contribution is 2.28. The Morgan fingerprint density at radius 3 is 2.12 bits per heavy atom. The van der Waals surface area contributed by atoms with Gasteiger partial charge < -0.3 is 4.90 Å². The highest BCUT2D eigenvalue weighted by atomic mass is 15.1. The third-order valence-electron chi connectivity index (χ3n) is 3.27. The van der Waals surface area contributed by atoms with Crippen LogP contribution in [0.15, 0.2) is 24.3 Å². The summed E-state index contributed by atoms with van der Waals surface area (Å²) in [5.41, 5.74) is 2.58. The summed E-state index contributed by atoms with van der Waals surface area (Å²) in [6.45, 7) is 4.23. The molecule has 2 nitrogen and oxygen atoms in total. The molecular formula is C15H22N2. The van der Waals surface area contributed by atoms with Crippen molar-refractivity contribution in [1.29, 1.82) is 5.26 Å². The molecule has 1 aromatic rings. The first-order valence-corrected chi connectivity index (χ1v) is 6.28. The molecule has 0 spiro atoms. The fraction of sp³-hybridized carbons (Fsp3) is 0.533. The van der Waals surface area contributed by atoms with E-state index in [0.29, 0.717) is 0 Å². The number of hydrogen-bond acceptors (Lipinski definition) is 2. The summed E-state index contributed by atoms with van der Waals surface area (Å²) in [6, 6.07) is 11.2. The first-order chi connectivity index (χ1) is 8.13. The third kappa shape index (κ3) is 3.31. The quantitative estimate of drug-likeness (QED) is 0.775. The molecule has 2 unspecified atom stereocenters. The fourth-order valence-electron chi connectivity index (χ4n) is 2.23. The van der Waals surface area contributed by atoms with Crippen LogP contribution < -0.4 is 0 Å². The van der Waals surface area contributed by atoms with Gasteiger partial charge in [0, 0.05) is 0 Å². The van der Waals surface area contributed by atoms with Crippen molar-refractivity contribution in [2.45, 2.75) is 32.7 Å². The van der Waals surface area contributed by atoms with Crippen LogP contribution >= 0.6 is 0 Å². The van der Waals surface area contributed by atoms with Crippen LogP contribution in [0.1, 0.15) is 37.4 Å². The minimum Gasteiger partial charge on any atom is -0.301 e. The molecule has 0 amide bonds. The normalized spacial score (nSPS) is 14.4. The van der Waals surface area contributed by atoms with Gasteiger partial charge in [0.25, 0.3) is 0 Å². The Labute approximate surface area is 105 Å². The van der Waals surface area contributed by atoms with Crippen molar-refractivity contribution in [1.82, 2.24) is 4.90 Å². The van der Waals surface area contributed by atoms with Crippen LogP contribution in [0.2, 0.25) is 0 Å². The van der Waals surface area contributed by atoms with Gasteiger partial charge in [0.15, 0.2) is 0 Å². The van der Waals surface area contributed by atoms with Crippen LogP contribution in [0.4, 0.5) is 0 Å². The molecular weight excluding hydrogens is 208 g/mol. The fourth-order valence-corrected chi connectivity index (χ4v) is 2.23. The molecule has 92 valence electrons. The molecule has 0 radical (unpaired) electrons. The molecule has 0 heterocycles. The van der Waals surface area contributed by atoms with Gasteiger partial charge >= 0.3 is 0 Å². The van der Waals surface area contributed by atoms with E-state index in [1.165, 1.54) is 11.1 Å². The second-order valence-corrected chi connectivity index (χ2v) is 4.65. The minimum absolute atomic E-state index is 0.0532. The molecule has 0 bridgehead atoms. The SMILES string of the molecule is CCc1ccc(C(C(C#N)CC)N(C)C)cc1. The average molecular weight is 230 g/mol. The van der Waals surface area contributed by atoms with Gasteiger partial charge in [0.05, 0.1) is 18.0 Å². The van der Waals surface area contributed by atoms with Gasteiger partial charge in [-0.3, -0.25) is 0 Å². The van der Waals surface area contributed by atoms with E-state index >= 15 is 0 Å². The lowest BCUT2D eigenvalue weighted by Crippen LogP contribution is -2.26. The Bertz CT molecular complexity index is 373. The smallest absolute Gasteiger partial charge is 0.0675 e. The molecule has 0 aliphatic rings. The minimum atomic E-state index is 0.0532. The topological polar surface area (TPSA) is 27.0 Å². The van der Waals surface area contributed by atoms with Crippen molar-refractivity contribution in [2.75, 3.05) is 14.1 Å². The Morgan fingerprint density at radius 2 is 1.76 bits per heavy atom. The van der Waals surface area contributed by atoms with Crippen molar-refractivity contribution in [2.24, 2.45) is 5.92 Å². The van der Waals surface area contributed by atoms with Crippen LogP contribution in [-0.2, 0) is 6.42 Å². The van der Waals surface area contributed by atoms with Gasteiger partial charge in [-0.25, -0.2) is 0 Å². The van der Waals surface area contributed by atoms with Gasteiger partial charge in [0.2, 0.25) is 0 Å². The molecule has 2 heteroatoms. The maximum Gasteiger partial charge on any atom is 0.0675 e. The molecule has 0 aliphatic heterocycles. The molecule has 0 saturated heterocycles. The summed E-state index contributed by atoms with van der Waals surface area (Å²) in [4.78, 5) is 2.14. The maximum atomic E-state index is 9.23. The van der Waals surface area contributed by atoms with E-state index < -0.39 is 0 Å². The zero-order valence-corrected chi connectivity index (χ0v) is 11.3. The van der Waals surface area contributed by atoms with Crippen molar-refractivity contribution in [3.63, 3.8) is 0 Å². The summed E-state index contributed by atoms with van der Waals surface area (Å²) in [6.07, 6.45) is 1.94. The second kappa shape index (κ2) is 6.42. The van der Waals surface area contributed by atoms with E-state index in [9.17, 15) is 5.26 Å². The number of nitriles is 1. The van der Waals surface area contributed by atoms with E-state index in [4.69, 9.17) is 0 Å². The lowest BCUT2D eigenvalue weighted by molar-refractivity contribution is 0.241. The van der Waals surface area contributed by atoms with E-state index in [1.54, 1.807) is 0 Å². The summed E-state index contributed by atoms with van der Waals surface area (Å²) in [5, 5.41) is 9.23. The molecule has 0 aromatic heterocycles. The predicted molar refractivity (Wildman–Crippen MR) is 71.6 cm³/mol. The lowest BCUT2D eigenvalue weighted by atomic mass is 9.90. The van der Waals surface area contributed by atoms with Crippen LogP contribution in [0.25, 0.3) is 0 Å². The number of benzene rings is 1. The summed E-state index contributed by atoms with van der Waals surface area (Å²) in [7, 11) is 4.08. The van der Waals surface area contributed by atoms with Gasteiger partial charge in [-0.15, -0.1) is 0 Å². The van der Waals surface area contributed by atoms with E-state index in [1.807, 2.05) is 14.1 Å². The summed E-state index contributed by atoms with van der Waals surface area (Å²) >= 11 is 0. The largest absolute Gasteiger partial charge is 0.301 e. The highest BCUT2D eigenvalue weighted by Gasteiger charge is 2.23. The van der Waals surface area contributed by atoms with Crippen LogP contribution in [0.5, 0.6) is 0 Å². The number of rotatable bonds is 5. The summed E-state index contributed by atoms with van der Waals surface area (Å²) < 4.78 is 0. The second-order valence-electron chi connectivity index (χ2n) is 4.65. The zero-order valence-electron chi connectivity index (χ0n) is 11.3. The molecule has 1 rings (SSSR count). The van der Waals surface area contributed by atoms with E-state index in [-0.39, 0.29) is 12.0 Å². The van der Waals surface area contributed by atoms with Gasteiger partial charge in [-0.1, -0.05) is 38.1 Å². The maximum absolute atomic E-state index is 9.23. The molecule has 17 heavy (non-hydrogen) atoms. The standard InChI is InChI=1S/C15H22N2/c1-5-12-7-9-14(10-8-12)15(17(3)4)13(6-2)11-16/h7-10,13,15H,5-6H2,1-4H3. The molecule has 0 saturated carbocycles. The van der Waals surface area contributed by atoms with Crippen molar-refractivity contribution < 1.29 is 0 Å². The van der Waals surface area contributed by atoms with Gasteiger partial charge in [-0.05, 0) is 38.1 Å². The first-order valence-electron chi connectivity index (χ1n) is 6.28. The molecule has 0 fully saturated rings. The summed E-state index contributed by atoms with van der Waals surface area (Å²) in [5.74, 6) is 0.0532. The van der Waals surface area contributed by atoms with Gasteiger partial charge in [-0.2, -0.15) is 5.26 Å². The molecule has 0 N–H and O–H groups in total. The number of nitrogens with zero attached hydrogens (tertiary/aromatic N) is 2. The Morgan fingerprint density at radius 1 is 1.18 bits per heavy atom. The van der Waals surface area contributed by atoms with Crippen molar-refractivity contribution in [3.05, 3.63) is 35.4 Å². The predicted octanol–water partition coefficient (Wildman–Crippen LogP) is 3.40. The first kappa shape index (κ1) is 13.7. The van der Waals surface area contributed by atoms with Crippen LogP contribution in [0.3, 0.4) is 0 Å². The van der Waals surface area contributed by atoms with E-state index in [0.717, 1.165) is 12.8 Å². The Balaban J connectivity index is 3.01. The van der Waals surface area contributed by atoms with Crippen molar-refractivity contribution >= 4 is 0 Å². The molecule has 1 aromatic carbocycles. The van der Waals surface area contributed by atoms with Crippen molar-refractivity contribution in [3.8, 4) is 6.07 Å².